The monoisotopic (exact) mass is 392 g/mol. The average Bonchev–Trinajstić information content (AvgIpc) is 2.74. The Morgan fingerprint density at radius 1 is 1.42 bits per heavy atom. The topological polar surface area (TPSA) is 76.9 Å². The quantitative estimate of drug-likeness (QED) is 0.808. The fourth-order valence-corrected chi connectivity index (χ4v) is 2.89. The zero-order valence-electron chi connectivity index (χ0n) is 10.5. The highest BCUT2D eigenvalue weighted by atomic mass is 127. The molecule has 0 aromatic carbocycles. The van der Waals surface area contributed by atoms with Crippen LogP contribution in [0, 0.1) is 10.5 Å². The Bertz CT molecular complexity index is 679. The second-order valence-electron chi connectivity index (χ2n) is 3.88. The summed E-state index contributed by atoms with van der Waals surface area (Å²) in [5.41, 5.74) is 0. The van der Waals surface area contributed by atoms with E-state index in [4.69, 9.17) is 0 Å². The van der Waals surface area contributed by atoms with Crippen molar-refractivity contribution in [3.8, 4) is 0 Å². The van der Waals surface area contributed by atoms with Gasteiger partial charge in [0, 0.05) is 22.5 Å². The maximum absolute atomic E-state index is 12.1. The molecule has 0 bridgehead atoms. The minimum absolute atomic E-state index is 0.00667. The van der Waals surface area contributed by atoms with Gasteiger partial charge in [0.25, 0.3) is 10.0 Å². The first-order valence-electron chi connectivity index (χ1n) is 5.60. The fraction of sp³-hybridized carbons (Fsp3) is 0.273. The summed E-state index contributed by atoms with van der Waals surface area (Å²) in [6.45, 7) is 4.38. The standard InChI is InChI=1S/C11H13IN4O2S/c1-3-16-7-11(14-8(16)2)19(17,18)15-10-5-4-9(12)6-13-10/h4-7H,3H2,1-2H3,(H,13,15). The van der Waals surface area contributed by atoms with Crippen molar-refractivity contribution in [2.24, 2.45) is 0 Å². The minimum atomic E-state index is -3.68. The molecule has 102 valence electrons. The molecule has 0 saturated carbocycles. The molecule has 2 heterocycles. The summed E-state index contributed by atoms with van der Waals surface area (Å²) < 4.78 is 29.4. The molecular formula is C11H13IN4O2S. The third-order valence-electron chi connectivity index (χ3n) is 2.54. The lowest BCUT2D eigenvalue weighted by molar-refractivity contribution is 0.597. The molecule has 0 spiro atoms. The molecule has 0 unspecified atom stereocenters. The predicted octanol–water partition coefficient (Wildman–Crippen LogP) is 2.01. The zero-order valence-corrected chi connectivity index (χ0v) is 13.4. The Hall–Kier alpha value is -1.16. The lowest BCUT2D eigenvalue weighted by Crippen LogP contribution is -2.14. The van der Waals surface area contributed by atoms with Crippen molar-refractivity contribution in [2.75, 3.05) is 4.72 Å². The molecule has 19 heavy (non-hydrogen) atoms. The van der Waals surface area contributed by atoms with Gasteiger partial charge in [-0.05, 0) is 48.6 Å². The third kappa shape index (κ3) is 3.24. The molecule has 6 nitrogen and oxygen atoms in total. The number of rotatable bonds is 4. The van der Waals surface area contributed by atoms with Crippen molar-refractivity contribution in [3.63, 3.8) is 0 Å². The van der Waals surface area contributed by atoms with E-state index in [1.165, 1.54) is 6.20 Å². The summed E-state index contributed by atoms with van der Waals surface area (Å²) in [5.74, 6) is 0.947. The summed E-state index contributed by atoms with van der Waals surface area (Å²) >= 11 is 2.10. The number of anilines is 1. The molecule has 1 N–H and O–H groups in total. The normalized spacial score (nSPS) is 11.5. The Labute approximate surface area is 125 Å². The Kier molecular flexibility index (Phi) is 4.09. The van der Waals surface area contributed by atoms with Gasteiger partial charge in [-0.25, -0.2) is 9.97 Å². The fourth-order valence-electron chi connectivity index (χ4n) is 1.56. The lowest BCUT2D eigenvalue weighted by Gasteiger charge is -2.04. The Balaban J connectivity index is 2.29. The largest absolute Gasteiger partial charge is 0.334 e. The molecule has 0 aliphatic heterocycles. The van der Waals surface area contributed by atoms with Gasteiger partial charge >= 0.3 is 0 Å². The number of aromatic nitrogens is 3. The highest BCUT2D eigenvalue weighted by Crippen LogP contribution is 2.14. The minimum Gasteiger partial charge on any atom is -0.334 e. The van der Waals surface area contributed by atoms with Crippen LogP contribution in [0.25, 0.3) is 0 Å². The number of halogens is 1. The second-order valence-corrected chi connectivity index (χ2v) is 6.75. The Morgan fingerprint density at radius 3 is 2.68 bits per heavy atom. The third-order valence-corrected chi connectivity index (χ3v) is 4.40. The van der Waals surface area contributed by atoms with Crippen LogP contribution < -0.4 is 4.72 Å². The van der Waals surface area contributed by atoms with Crippen LogP contribution in [0.1, 0.15) is 12.7 Å². The highest BCUT2D eigenvalue weighted by molar-refractivity contribution is 14.1. The maximum Gasteiger partial charge on any atom is 0.282 e. The molecule has 0 saturated heterocycles. The van der Waals surface area contributed by atoms with E-state index >= 15 is 0 Å². The molecule has 0 atom stereocenters. The molecule has 0 aliphatic carbocycles. The van der Waals surface area contributed by atoms with E-state index in [1.54, 1.807) is 29.8 Å². The van der Waals surface area contributed by atoms with E-state index in [-0.39, 0.29) is 10.8 Å². The zero-order chi connectivity index (χ0) is 14.0. The smallest absolute Gasteiger partial charge is 0.282 e. The van der Waals surface area contributed by atoms with Crippen molar-refractivity contribution in [2.45, 2.75) is 25.4 Å². The van der Waals surface area contributed by atoms with Crippen LogP contribution in [0.2, 0.25) is 0 Å². The SMILES string of the molecule is CCn1cc(S(=O)(=O)Nc2ccc(I)cn2)nc1C. The molecule has 0 aliphatic rings. The first kappa shape index (κ1) is 14.3. The van der Waals surface area contributed by atoms with Gasteiger partial charge in [0.05, 0.1) is 0 Å². The van der Waals surface area contributed by atoms with E-state index in [2.05, 4.69) is 37.3 Å². The van der Waals surface area contributed by atoms with E-state index in [1.807, 2.05) is 6.92 Å². The van der Waals surface area contributed by atoms with Crippen molar-refractivity contribution in [3.05, 3.63) is 33.9 Å². The molecule has 2 aromatic heterocycles. The van der Waals surface area contributed by atoms with Crippen LogP contribution in [0.15, 0.2) is 29.6 Å². The number of hydrogen-bond acceptors (Lipinski definition) is 4. The van der Waals surface area contributed by atoms with E-state index in [9.17, 15) is 8.42 Å². The van der Waals surface area contributed by atoms with Crippen LogP contribution in [0.3, 0.4) is 0 Å². The van der Waals surface area contributed by atoms with Gasteiger partial charge in [0.15, 0.2) is 5.03 Å². The van der Waals surface area contributed by atoms with Crippen LogP contribution in [-0.2, 0) is 16.6 Å². The number of nitrogens with one attached hydrogen (secondary N) is 1. The molecule has 2 rings (SSSR count). The van der Waals surface area contributed by atoms with Gasteiger partial charge < -0.3 is 4.57 Å². The van der Waals surface area contributed by atoms with Gasteiger partial charge in [0.1, 0.15) is 11.6 Å². The molecule has 0 radical (unpaired) electrons. The van der Waals surface area contributed by atoms with E-state index in [0.717, 1.165) is 3.57 Å². The highest BCUT2D eigenvalue weighted by Gasteiger charge is 2.19. The van der Waals surface area contributed by atoms with Gasteiger partial charge in [-0.1, -0.05) is 0 Å². The first-order chi connectivity index (χ1) is 8.92. The number of hydrogen-bond donors (Lipinski definition) is 1. The van der Waals surface area contributed by atoms with Gasteiger partial charge in [-0.15, -0.1) is 0 Å². The van der Waals surface area contributed by atoms with Crippen LogP contribution in [0.4, 0.5) is 5.82 Å². The second kappa shape index (κ2) is 5.45. The van der Waals surface area contributed by atoms with Gasteiger partial charge in [-0.2, -0.15) is 8.42 Å². The lowest BCUT2D eigenvalue weighted by atomic mass is 10.5. The molecule has 0 amide bonds. The van der Waals surface area contributed by atoms with Crippen LogP contribution >= 0.6 is 22.6 Å². The van der Waals surface area contributed by atoms with Crippen LogP contribution in [0.5, 0.6) is 0 Å². The molecular weight excluding hydrogens is 379 g/mol. The van der Waals surface area contributed by atoms with Gasteiger partial charge in [0.2, 0.25) is 0 Å². The summed E-state index contributed by atoms with van der Waals surface area (Å²) in [6.07, 6.45) is 3.11. The van der Waals surface area contributed by atoms with E-state index < -0.39 is 10.0 Å². The number of sulfonamides is 1. The first-order valence-corrected chi connectivity index (χ1v) is 8.16. The number of nitrogens with zero attached hydrogens (tertiary/aromatic N) is 3. The van der Waals surface area contributed by atoms with Gasteiger partial charge in [-0.3, -0.25) is 4.72 Å². The average molecular weight is 392 g/mol. The van der Waals surface area contributed by atoms with Crippen molar-refractivity contribution < 1.29 is 8.42 Å². The number of pyridine rings is 1. The van der Waals surface area contributed by atoms with Crippen molar-refractivity contribution in [1.82, 2.24) is 14.5 Å². The molecule has 0 fully saturated rings. The van der Waals surface area contributed by atoms with Crippen molar-refractivity contribution in [1.29, 1.82) is 0 Å². The molecule has 8 heteroatoms. The number of aryl methyl sites for hydroxylation is 2. The number of imidazole rings is 1. The van der Waals surface area contributed by atoms with Crippen LogP contribution in [-0.4, -0.2) is 23.0 Å². The Morgan fingerprint density at radius 2 is 2.16 bits per heavy atom. The maximum atomic E-state index is 12.1. The summed E-state index contributed by atoms with van der Waals surface area (Å²) in [7, 11) is -3.68. The summed E-state index contributed by atoms with van der Waals surface area (Å²) in [6, 6.07) is 3.39. The predicted molar refractivity (Wildman–Crippen MR) is 80.4 cm³/mol. The van der Waals surface area contributed by atoms with E-state index in [0.29, 0.717) is 12.4 Å². The summed E-state index contributed by atoms with van der Waals surface area (Å²) in [5, 5.41) is 0.00667. The summed E-state index contributed by atoms with van der Waals surface area (Å²) in [4.78, 5) is 8.06. The van der Waals surface area contributed by atoms with Crippen molar-refractivity contribution >= 4 is 38.4 Å². The molecule has 2 aromatic rings.